The summed E-state index contributed by atoms with van der Waals surface area (Å²) in [7, 11) is -4.05. The van der Waals surface area contributed by atoms with Gasteiger partial charge in [0.2, 0.25) is 14.9 Å². The van der Waals surface area contributed by atoms with E-state index in [0.717, 1.165) is 31.2 Å². The number of carbonyl (C=O) groups is 1. The number of anilines is 1. The number of halogens is 1. The van der Waals surface area contributed by atoms with Crippen LogP contribution < -0.4 is 5.01 Å². The van der Waals surface area contributed by atoms with E-state index >= 15 is 0 Å². The lowest BCUT2D eigenvalue weighted by Gasteiger charge is -2.29. The molecule has 2 aromatic carbocycles. The molecule has 0 atom stereocenters. The second kappa shape index (κ2) is 8.18. The predicted octanol–water partition coefficient (Wildman–Crippen LogP) is 3.64. The molecule has 2 heterocycles. The third-order valence-corrected chi connectivity index (χ3v) is 7.14. The van der Waals surface area contributed by atoms with Crippen LogP contribution in [0.3, 0.4) is 0 Å². The van der Waals surface area contributed by atoms with Crippen molar-refractivity contribution < 1.29 is 17.6 Å². The number of aryl methyl sites for hydroxylation is 1. The van der Waals surface area contributed by atoms with Gasteiger partial charge in [-0.05, 0) is 55.2 Å². The van der Waals surface area contributed by atoms with E-state index < -0.39 is 20.8 Å². The Hall–Kier alpha value is -2.74. The minimum atomic E-state index is -4.05. The van der Waals surface area contributed by atoms with Crippen molar-refractivity contribution in [3.8, 4) is 0 Å². The number of rotatable bonds is 3. The van der Waals surface area contributed by atoms with Gasteiger partial charge in [-0.1, -0.05) is 31.0 Å². The molecule has 1 saturated heterocycles. The van der Waals surface area contributed by atoms with E-state index in [1.807, 2.05) is 6.92 Å². The molecule has 0 bridgehead atoms. The first-order valence-electron chi connectivity index (χ1n) is 10.1. The molecule has 2 aliphatic rings. The lowest BCUT2D eigenvalue weighted by atomic mass is 10.2. The van der Waals surface area contributed by atoms with Crippen LogP contribution in [0.5, 0.6) is 0 Å². The van der Waals surface area contributed by atoms with Crippen LogP contribution in [0, 0.1) is 12.7 Å². The zero-order chi connectivity index (χ0) is 21.3. The first kappa shape index (κ1) is 20.5. The van der Waals surface area contributed by atoms with Crippen molar-refractivity contribution in [2.24, 2.45) is 5.10 Å². The second-order valence-corrected chi connectivity index (χ2v) is 9.61. The van der Waals surface area contributed by atoms with E-state index in [0.29, 0.717) is 24.3 Å². The number of likely N-dealkylation sites (tertiary alicyclic amines) is 1. The van der Waals surface area contributed by atoms with Gasteiger partial charge in [0.1, 0.15) is 5.82 Å². The fraction of sp³-hybridized carbons (Fsp3) is 0.364. The average Bonchev–Trinajstić information content (AvgIpc) is 2.99. The summed E-state index contributed by atoms with van der Waals surface area (Å²) in [5.74, 6) is -0.946. The largest absolute Gasteiger partial charge is 0.337 e. The smallest absolute Gasteiger partial charge is 0.286 e. The van der Waals surface area contributed by atoms with Crippen LogP contribution in [0.2, 0.25) is 0 Å². The highest BCUT2D eigenvalue weighted by molar-refractivity contribution is 8.08. The Morgan fingerprint density at radius 3 is 2.50 bits per heavy atom. The molecule has 1 fully saturated rings. The third-order valence-electron chi connectivity index (χ3n) is 5.45. The number of sulfone groups is 1. The number of fused-ring (bicyclic) bond motifs is 1. The summed E-state index contributed by atoms with van der Waals surface area (Å²) in [6.07, 6.45) is 3.75. The summed E-state index contributed by atoms with van der Waals surface area (Å²) in [6, 6.07) is 11.0. The number of hydrogen-bond donors (Lipinski definition) is 0. The molecular formula is C22H24FN3O3S. The molecule has 1 amide bonds. The molecular weight excluding hydrogens is 405 g/mol. The van der Waals surface area contributed by atoms with Crippen LogP contribution in [0.15, 0.2) is 52.5 Å². The Balaban J connectivity index is 1.77. The fourth-order valence-electron chi connectivity index (χ4n) is 3.87. The Morgan fingerprint density at radius 2 is 1.80 bits per heavy atom. The van der Waals surface area contributed by atoms with Crippen molar-refractivity contribution in [2.75, 3.05) is 18.1 Å². The normalized spacial score (nSPS) is 18.4. The van der Waals surface area contributed by atoms with Gasteiger partial charge in [-0.3, -0.25) is 9.80 Å². The van der Waals surface area contributed by atoms with Crippen LogP contribution >= 0.6 is 0 Å². The van der Waals surface area contributed by atoms with Crippen LogP contribution in [0.1, 0.15) is 36.8 Å². The van der Waals surface area contributed by atoms with Gasteiger partial charge in [0.15, 0.2) is 0 Å². The maximum atomic E-state index is 13.7. The number of hydrazone groups is 1. The standard InChI is InChI=1S/C22H24FN3O3S/c1-16-9-10-20-19(13-16)26(15-17-7-6-8-18(23)14-17)24-21(30(20,28)29)22(27)25-11-4-2-3-5-12-25/h6-10,13-14H,2-5,11-12,15H2,1H3. The van der Waals surface area contributed by atoms with E-state index in [9.17, 15) is 17.6 Å². The second-order valence-electron chi connectivity index (χ2n) is 7.77. The highest BCUT2D eigenvalue weighted by atomic mass is 32.2. The summed E-state index contributed by atoms with van der Waals surface area (Å²) < 4.78 is 40.2. The molecule has 2 aliphatic heterocycles. The van der Waals surface area contributed by atoms with Crippen molar-refractivity contribution in [2.45, 2.75) is 44.0 Å². The Kier molecular flexibility index (Phi) is 5.60. The van der Waals surface area contributed by atoms with E-state index in [2.05, 4.69) is 5.10 Å². The lowest BCUT2D eigenvalue weighted by molar-refractivity contribution is -0.123. The average molecular weight is 430 g/mol. The summed E-state index contributed by atoms with van der Waals surface area (Å²) in [6.45, 7) is 3.06. The van der Waals surface area contributed by atoms with Gasteiger partial charge in [0, 0.05) is 13.1 Å². The highest BCUT2D eigenvalue weighted by Gasteiger charge is 2.39. The van der Waals surface area contributed by atoms with Gasteiger partial charge in [0.25, 0.3) is 5.91 Å². The number of carbonyl (C=O) groups excluding carboxylic acids is 1. The van der Waals surface area contributed by atoms with E-state index in [1.165, 1.54) is 23.2 Å². The van der Waals surface area contributed by atoms with Crippen LogP contribution in [-0.2, 0) is 21.2 Å². The van der Waals surface area contributed by atoms with Crippen LogP contribution in [0.4, 0.5) is 10.1 Å². The molecule has 2 aromatic rings. The lowest BCUT2D eigenvalue weighted by Crippen LogP contribution is -2.43. The quantitative estimate of drug-likeness (QED) is 0.747. The number of benzene rings is 2. The molecule has 0 aliphatic carbocycles. The molecule has 0 saturated carbocycles. The topological polar surface area (TPSA) is 70.1 Å². The first-order valence-corrected chi connectivity index (χ1v) is 11.6. The molecule has 8 heteroatoms. The molecule has 0 aromatic heterocycles. The Labute approximate surface area is 175 Å². The SMILES string of the molecule is Cc1ccc2c(c1)N(Cc1cccc(F)c1)N=C(C(=O)N1CCCCCC1)S2(=O)=O. The molecule has 0 spiro atoms. The summed E-state index contributed by atoms with van der Waals surface area (Å²) >= 11 is 0. The molecule has 4 rings (SSSR count). The number of amides is 1. The number of hydrogen-bond acceptors (Lipinski definition) is 5. The molecule has 0 N–H and O–H groups in total. The zero-order valence-corrected chi connectivity index (χ0v) is 17.7. The monoisotopic (exact) mass is 429 g/mol. The van der Waals surface area contributed by atoms with Gasteiger partial charge in [0.05, 0.1) is 17.1 Å². The predicted molar refractivity (Wildman–Crippen MR) is 113 cm³/mol. The van der Waals surface area contributed by atoms with Gasteiger partial charge in [-0.2, -0.15) is 5.10 Å². The Morgan fingerprint density at radius 1 is 1.07 bits per heavy atom. The van der Waals surface area contributed by atoms with Crippen molar-refractivity contribution in [1.82, 2.24) is 4.90 Å². The highest BCUT2D eigenvalue weighted by Crippen LogP contribution is 2.34. The van der Waals surface area contributed by atoms with E-state index in [1.54, 1.807) is 29.2 Å². The fourth-order valence-corrected chi connectivity index (χ4v) is 5.33. The molecule has 0 radical (unpaired) electrons. The maximum Gasteiger partial charge on any atom is 0.286 e. The minimum Gasteiger partial charge on any atom is -0.337 e. The first-order chi connectivity index (χ1) is 14.4. The summed E-state index contributed by atoms with van der Waals surface area (Å²) in [5, 5.41) is 5.32. The van der Waals surface area contributed by atoms with Gasteiger partial charge >= 0.3 is 0 Å². The van der Waals surface area contributed by atoms with Gasteiger partial charge in [-0.15, -0.1) is 0 Å². The van der Waals surface area contributed by atoms with Crippen LogP contribution in [-0.4, -0.2) is 37.4 Å². The Bertz CT molecular complexity index is 1110. The van der Waals surface area contributed by atoms with E-state index in [-0.39, 0.29) is 17.3 Å². The van der Waals surface area contributed by atoms with Crippen molar-refractivity contribution in [3.63, 3.8) is 0 Å². The molecule has 30 heavy (non-hydrogen) atoms. The van der Waals surface area contributed by atoms with Crippen molar-refractivity contribution >= 4 is 26.5 Å². The summed E-state index contributed by atoms with van der Waals surface area (Å²) in [5.41, 5.74) is 1.89. The molecule has 0 unspecified atom stereocenters. The van der Waals surface area contributed by atoms with Crippen molar-refractivity contribution in [3.05, 3.63) is 59.4 Å². The molecule has 158 valence electrons. The summed E-state index contributed by atoms with van der Waals surface area (Å²) in [4.78, 5) is 14.8. The molecule has 6 nitrogen and oxygen atoms in total. The van der Waals surface area contributed by atoms with Crippen LogP contribution in [0.25, 0.3) is 0 Å². The maximum absolute atomic E-state index is 13.7. The van der Waals surface area contributed by atoms with Gasteiger partial charge < -0.3 is 4.90 Å². The number of nitrogens with zero attached hydrogens (tertiary/aromatic N) is 3. The minimum absolute atomic E-state index is 0.0534. The van der Waals surface area contributed by atoms with Gasteiger partial charge in [-0.25, -0.2) is 12.8 Å². The third kappa shape index (κ3) is 3.96. The zero-order valence-electron chi connectivity index (χ0n) is 16.8. The van der Waals surface area contributed by atoms with Crippen molar-refractivity contribution in [1.29, 1.82) is 0 Å². The van der Waals surface area contributed by atoms with E-state index in [4.69, 9.17) is 0 Å².